The zero-order chi connectivity index (χ0) is 21.5. The lowest BCUT2D eigenvalue weighted by molar-refractivity contribution is 1.18. The fourth-order valence-corrected chi connectivity index (χ4v) is 4.92. The Bertz CT molecular complexity index is 1560. The first-order valence-corrected chi connectivity index (χ1v) is 11.5. The summed E-state index contributed by atoms with van der Waals surface area (Å²) in [5, 5.41) is 2.54. The van der Waals surface area contributed by atoms with Gasteiger partial charge in [0.2, 0.25) is 0 Å². The highest BCUT2D eigenvalue weighted by Gasteiger charge is 2.13. The van der Waals surface area contributed by atoms with Crippen molar-refractivity contribution in [2.24, 2.45) is 0 Å². The molecule has 6 rings (SSSR count). The van der Waals surface area contributed by atoms with Crippen LogP contribution in [0, 0.1) is 0 Å². The van der Waals surface area contributed by atoms with Crippen molar-refractivity contribution in [2.45, 2.75) is 0 Å². The highest BCUT2D eigenvalue weighted by molar-refractivity contribution is 9.10. The number of aromatic nitrogens is 1. The van der Waals surface area contributed by atoms with Gasteiger partial charge >= 0.3 is 0 Å². The Hall–Kier alpha value is -3.62. The molecule has 2 heteroatoms. The minimum absolute atomic E-state index is 1.08. The number of rotatable bonds is 3. The lowest BCUT2D eigenvalue weighted by atomic mass is 9.99. The van der Waals surface area contributed by atoms with E-state index in [1.54, 1.807) is 0 Å². The summed E-state index contributed by atoms with van der Waals surface area (Å²) in [5.41, 5.74) is 8.50. The Kier molecular flexibility index (Phi) is 4.66. The standard InChI is InChI=1S/C30H20BrN/c31-25-9-6-10-26(20-25)32-29-12-5-4-11-27(29)28-18-17-24(19-30(28)32)23-15-13-22(14-16-23)21-7-2-1-3-8-21/h1-20H. The van der Waals surface area contributed by atoms with Crippen molar-refractivity contribution in [1.82, 2.24) is 4.57 Å². The molecule has 0 aliphatic rings. The summed E-state index contributed by atoms with van der Waals surface area (Å²) in [7, 11) is 0. The summed E-state index contributed by atoms with van der Waals surface area (Å²) in [5.74, 6) is 0. The normalized spacial score (nSPS) is 11.3. The van der Waals surface area contributed by atoms with Crippen LogP contribution in [0.3, 0.4) is 0 Å². The zero-order valence-electron chi connectivity index (χ0n) is 17.4. The topological polar surface area (TPSA) is 4.93 Å². The second kappa shape index (κ2) is 7.81. The summed E-state index contributed by atoms with van der Waals surface area (Å²) in [6, 6.07) is 43.3. The molecule has 0 aliphatic carbocycles. The van der Waals surface area contributed by atoms with Crippen LogP contribution >= 0.6 is 15.9 Å². The monoisotopic (exact) mass is 473 g/mol. The first-order chi connectivity index (χ1) is 15.8. The lowest BCUT2D eigenvalue weighted by Gasteiger charge is -2.10. The van der Waals surface area contributed by atoms with E-state index in [1.807, 2.05) is 0 Å². The van der Waals surface area contributed by atoms with Crippen LogP contribution < -0.4 is 0 Å². The van der Waals surface area contributed by atoms with Crippen LogP contribution in [-0.4, -0.2) is 4.57 Å². The summed E-state index contributed by atoms with van der Waals surface area (Å²) in [6.45, 7) is 0. The van der Waals surface area contributed by atoms with Gasteiger partial charge in [-0.1, -0.05) is 107 Å². The second-order valence-electron chi connectivity index (χ2n) is 8.01. The molecule has 32 heavy (non-hydrogen) atoms. The van der Waals surface area contributed by atoms with E-state index in [0.717, 1.165) is 10.2 Å². The fraction of sp³-hybridized carbons (Fsp3) is 0. The van der Waals surface area contributed by atoms with Crippen molar-refractivity contribution in [1.29, 1.82) is 0 Å². The average Bonchev–Trinajstić information content (AvgIpc) is 3.18. The SMILES string of the molecule is Brc1cccc(-n2c3ccccc3c3ccc(-c4ccc(-c5ccccc5)cc4)cc32)c1. The molecule has 1 nitrogen and oxygen atoms in total. The van der Waals surface area contributed by atoms with Gasteiger partial charge in [0, 0.05) is 20.9 Å². The summed E-state index contributed by atoms with van der Waals surface area (Å²) < 4.78 is 3.44. The number of para-hydroxylation sites is 1. The highest BCUT2D eigenvalue weighted by atomic mass is 79.9. The number of benzene rings is 5. The van der Waals surface area contributed by atoms with Gasteiger partial charge in [0.1, 0.15) is 0 Å². The van der Waals surface area contributed by atoms with Gasteiger partial charge in [-0.2, -0.15) is 0 Å². The predicted octanol–water partition coefficient (Wildman–Crippen LogP) is 8.88. The minimum atomic E-state index is 1.08. The molecule has 0 unspecified atom stereocenters. The second-order valence-corrected chi connectivity index (χ2v) is 8.92. The van der Waals surface area contributed by atoms with E-state index in [0.29, 0.717) is 0 Å². The van der Waals surface area contributed by atoms with E-state index in [2.05, 4.69) is 142 Å². The van der Waals surface area contributed by atoms with Crippen LogP contribution in [0.25, 0.3) is 49.7 Å². The third-order valence-electron chi connectivity index (χ3n) is 6.07. The van der Waals surface area contributed by atoms with E-state index in [4.69, 9.17) is 0 Å². The molecule has 1 aromatic heterocycles. The molecule has 0 fully saturated rings. The first-order valence-electron chi connectivity index (χ1n) is 10.7. The summed E-state index contributed by atoms with van der Waals surface area (Å²) in [6.07, 6.45) is 0. The molecule has 0 aliphatic heterocycles. The summed E-state index contributed by atoms with van der Waals surface area (Å²) >= 11 is 3.64. The Morgan fingerprint density at radius 1 is 0.438 bits per heavy atom. The van der Waals surface area contributed by atoms with Crippen LogP contribution in [0.2, 0.25) is 0 Å². The number of fused-ring (bicyclic) bond motifs is 3. The smallest absolute Gasteiger partial charge is 0.0547 e. The van der Waals surface area contributed by atoms with E-state index in [1.165, 1.54) is 44.1 Å². The van der Waals surface area contributed by atoms with Crippen molar-refractivity contribution >= 4 is 37.7 Å². The van der Waals surface area contributed by atoms with Crippen molar-refractivity contribution in [2.75, 3.05) is 0 Å². The van der Waals surface area contributed by atoms with Gasteiger partial charge in [0.25, 0.3) is 0 Å². The van der Waals surface area contributed by atoms with E-state index in [-0.39, 0.29) is 0 Å². The van der Waals surface area contributed by atoms with E-state index < -0.39 is 0 Å². The molecule has 0 atom stereocenters. The third-order valence-corrected chi connectivity index (χ3v) is 6.56. The molecule has 1 heterocycles. The van der Waals surface area contributed by atoms with Crippen molar-refractivity contribution in [3.05, 3.63) is 126 Å². The molecular formula is C30H20BrN. The maximum Gasteiger partial charge on any atom is 0.0547 e. The van der Waals surface area contributed by atoms with Crippen molar-refractivity contribution in [3.8, 4) is 27.9 Å². The van der Waals surface area contributed by atoms with Crippen molar-refractivity contribution in [3.63, 3.8) is 0 Å². The molecule has 6 aromatic rings. The number of halogens is 1. The Labute approximate surface area is 195 Å². The Balaban J connectivity index is 1.53. The van der Waals surface area contributed by atoms with Gasteiger partial charge in [-0.15, -0.1) is 0 Å². The quantitative estimate of drug-likeness (QED) is 0.241. The minimum Gasteiger partial charge on any atom is -0.309 e. The van der Waals surface area contributed by atoms with E-state index >= 15 is 0 Å². The number of nitrogens with zero attached hydrogens (tertiary/aromatic N) is 1. The van der Waals surface area contributed by atoms with Crippen LogP contribution in [-0.2, 0) is 0 Å². The van der Waals surface area contributed by atoms with Gasteiger partial charge in [0.05, 0.1) is 11.0 Å². The Morgan fingerprint density at radius 3 is 1.84 bits per heavy atom. The fourth-order valence-electron chi connectivity index (χ4n) is 4.53. The van der Waals surface area contributed by atoms with Crippen LogP contribution in [0.5, 0.6) is 0 Å². The maximum atomic E-state index is 3.64. The van der Waals surface area contributed by atoms with Gasteiger partial charge in [-0.3, -0.25) is 0 Å². The van der Waals surface area contributed by atoms with Crippen LogP contribution in [0.4, 0.5) is 0 Å². The zero-order valence-corrected chi connectivity index (χ0v) is 19.0. The molecule has 0 saturated carbocycles. The molecule has 0 amide bonds. The third kappa shape index (κ3) is 3.24. The number of hydrogen-bond donors (Lipinski definition) is 0. The molecule has 0 N–H and O–H groups in total. The highest BCUT2D eigenvalue weighted by Crippen LogP contribution is 2.35. The predicted molar refractivity (Wildman–Crippen MR) is 139 cm³/mol. The van der Waals surface area contributed by atoms with E-state index in [9.17, 15) is 0 Å². The lowest BCUT2D eigenvalue weighted by Crippen LogP contribution is -1.93. The maximum absolute atomic E-state index is 3.64. The first kappa shape index (κ1) is 19.1. The molecule has 0 saturated heterocycles. The van der Waals surface area contributed by atoms with Crippen molar-refractivity contribution < 1.29 is 0 Å². The molecule has 5 aromatic carbocycles. The van der Waals surface area contributed by atoms with Crippen LogP contribution in [0.1, 0.15) is 0 Å². The van der Waals surface area contributed by atoms with Crippen LogP contribution in [0.15, 0.2) is 126 Å². The van der Waals surface area contributed by atoms with Gasteiger partial charge in [-0.05, 0) is 52.6 Å². The largest absolute Gasteiger partial charge is 0.309 e. The Morgan fingerprint density at radius 2 is 1.06 bits per heavy atom. The molecule has 0 spiro atoms. The summed E-state index contributed by atoms with van der Waals surface area (Å²) in [4.78, 5) is 0. The molecule has 0 bridgehead atoms. The van der Waals surface area contributed by atoms with Gasteiger partial charge in [-0.25, -0.2) is 0 Å². The molecule has 0 radical (unpaired) electrons. The van der Waals surface area contributed by atoms with Gasteiger partial charge < -0.3 is 4.57 Å². The molecule has 152 valence electrons. The number of hydrogen-bond acceptors (Lipinski definition) is 0. The molecular weight excluding hydrogens is 454 g/mol. The van der Waals surface area contributed by atoms with Gasteiger partial charge in [0.15, 0.2) is 0 Å². The average molecular weight is 474 g/mol.